The Balaban J connectivity index is 0.00000341. The van der Waals surface area contributed by atoms with Gasteiger partial charge in [-0.3, -0.25) is 9.79 Å². The molecule has 1 amide bonds. The molecule has 0 spiro atoms. The number of rotatable bonds is 10. The largest absolute Gasteiger partial charge is 0.396 e. The Hall–Kier alpha value is -1.35. The van der Waals surface area contributed by atoms with Gasteiger partial charge in [-0.1, -0.05) is 31.5 Å². The first kappa shape index (κ1) is 25.9. The number of para-hydroxylation sites is 1. The van der Waals surface area contributed by atoms with Gasteiger partial charge < -0.3 is 20.2 Å². The lowest BCUT2D eigenvalue weighted by atomic mass is 9.98. The van der Waals surface area contributed by atoms with E-state index in [9.17, 15) is 9.90 Å². The fourth-order valence-corrected chi connectivity index (χ4v) is 4.72. The van der Waals surface area contributed by atoms with Gasteiger partial charge in [0.25, 0.3) is 0 Å². The van der Waals surface area contributed by atoms with Gasteiger partial charge in [-0.25, -0.2) is 0 Å². The SMILES string of the molecule is CCCC(CCO)CN=C(NCC)N1CC(CCN2CCCC2=O)c2ccccc21.I. The number of guanidine groups is 1. The van der Waals surface area contributed by atoms with Gasteiger partial charge in [-0.2, -0.15) is 0 Å². The van der Waals surface area contributed by atoms with Gasteiger partial charge >= 0.3 is 0 Å². The zero-order valence-electron chi connectivity index (χ0n) is 19.1. The van der Waals surface area contributed by atoms with Crippen LogP contribution in [0.3, 0.4) is 0 Å². The maximum absolute atomic E-state index is 12.0. The van der Waals surface area contributed by atoms with Crippen molar-refractivity contribution >= 4 is 41.5 Å². The van der Waals surface area contributed by atoms with Crippen molar-refractivity contribution in [3.63, 3.8) is 0 Å². The third kappa shape index (κ3) is 6.81. The molecular weight excluding hydrogens is 503 g/mol. The molecule has 3 rings (SSSR count). The number of nitrogens with zero attached hydrogens (tertiary/aromatic N) is 3. The van der Waals surface area contributed by atoms with E-state index in [0.29, 0.717) is 24.2 Å². The van der Waals surface area contributed by atoms with Crippen LogP contribution in [0.5, 0.6) is 0 Å². The lowest BCUT2D eigenvalue weighted by Crippen LogP contribution is -2.41. The number of hydrogen-bond acceptors (Lipinski definition) is 3. The minimum atomic E-state index is 0. The number of halogens is 1. The van der Waals surface area contributed by atoms with Crippen LogP contribution in [-0.2, 0) is 4.79 Å². The summed E-state index contributed by atoms with van der Waals surface area (Å²) in [4.78, 5) is 21.3. The van der Waals surface area contributed by atoms with E-state index in [0.717, 1.165) is 70.8 Å². The summed E-state index contributed by atoms with van der Waals surface area (Å²) in [6.07, 6.45) is 5.70. The molecule has 0 aromatic heterocycles. The highest BCUT2D eigenvalue weighted by molar-refractivity contribution is 14.0. The molecular formula is C24H39IN4O2. The maximum atomic E-state index is 12.0. The quantitative estimate of drug-likeness (QED) is 0.267. The number of carbonyl (C=O) groups excluding carboxylic acids is 1. The number of carbonyl (C=O) groups is 1. The average molecular weight is 543 g/mol. The van der Waals surface area contributed by atoms with Crippen molar-refractivity contribution in [1.29, 1.82) is 0 Å². The lowest BCUT2D eigenvalue weighted by Gasteiger charge is -2.24. The van der Waals surface area contributed by atoms with E-state index in [-0.39, 0.29) is 30.6 Å². The van der Waals surface area contributed by atoms with E-state index in [4.69, 9.17) is 4.99 Å². The summed E-state index contributed by atoms with van der Waals surface area (Å²) in [6.45, 7) is 8.72. The second kappa shape index (κ2) is 13.3. The topological polar surface area (TPSA) is 68.2 Å². The number of likely N-dealkylation sites (tertiary alicyclic amines) is 1. The third-order valence-corrected chi connectivity index (χ3v) is 6.31. The summed E-state index contributed by atoms with van der Waals surface area (Å²) in [7, 11) is 0. The molecule has 2 unspecified atom stereocenters. The number of anilines is 1. The predicted molar refractivity (Wildman–Crippen MR) is 138 cm³/mol. The number of aliphatic hydroxyl groups excluding tert-OH is 1. The van der Waals surface area contributed by atoms with Gasteiger partial charge in [0, 0.05) is 57.4 Å². The van der Waals surface area contributed by atoms with Gasteiger partial charge in [0.1, 0.15) is 0 Å². The second-order valence-corrected chi connectivity index (χ2v) is 8.50. The summed E-state index contributed by atoms with van der Waals surface area (Å²) >= 11 is 0. The van der Waals surface area contributed by atoms with Crippen molar-refractivity contribution in [3.05, 3.63) is 29.8 Å². The summed E-state index contributed by atoms with van der Waals surface area (Å²) < 4.78 is 0. The number of fused-ring (bicyclic) bond motifs is 1. The van der Waals surface area contributed by atoms with Crippen molar-refractivity contribution < 1.29 is 9.90 Å². The Bertz CT molecular complexity index is 721. The van der Waals surface area contributed by atoms with Crippen LogP contribution in [0.1, 0.15) is 63.9 Å². The van der Waals surface area contributed by atoms with Crippen LogP contribution in [0.2, 0.25) is 0 Å². The number of hydrogen-bond donors (Lipinski definition) is 2. The molecule has 2 aliphatic rings. The maximum Gasteiger partial charge on any atom is 0.222 e. The van der Waals surface area contributed by atoms with Gasteiger partial charge in [-0.05, 0) is 50.2 Å². The van der Waals surface area contributed by atoms with Crippen LogP contribution < -0.4 is 10.2 Å². The van der Waals surface area contributed by atoms with E-state index in [2.05, 4.69) is 48.3 Å². The summed E-state index contributed by atoms with van der Waals surface area (Å²) in [5, 5.41) is 12.9. The van der Waals surface area contributed by atoms with E-state index in [1.54, 1.807) is 0 Å². The highest BCUT2D eigenvalue weighted by atomic mass is 127. The minimum absolute atomic E-state index is 0. The Morgan fingerprint density at radius 2 is 2.10 bits per heavy atom. The molecule has 6 nitrogen and oxygen atoms in total. The molecule has 31 heavy (non-hydrogen) atoms. The van der Waals surface area contributed by atoms with E-state index >= 15 is 0 Å². The van der Waals surface area contributed by atoms with E-state index < -0.39 is 0 Å². The molecule has 0 aliphatic carbocycles. The van der Waals surface area contributed by atoms with Crippen LogP contribution in [0.25, 0.3) is 0 Å². The van der Waals surface area contributed by atoms with Crippen molar-refractivity contribution in [3.8, 4) is 0 Å². The molecule has 2 heterocycles. The van der Waals surface area contributed by atoms with Crippen LogP contribution in [-0.4, -0.2) is 61.2 Å². The first-order chi connectivity index (χ1) is 14.7. The Labute approximate surface area is 204 Å². The average Bonchev–Trinajstić information content (AvgIpc) is 3.33. The first-order valence-corrected chi connectivity index (χ1v) is 11.7. The number of aliphatic hydroxyl groups is 1. The zero-order chi connectivity index (χ0) is 21.3. The molecule has 174 valence electrons. The Morgan fingerprint density at radius 1 is 1.29 bits per heavy atom. The molecule has 2 aliphatic heterocycles. The fraction of sp³-hybridized carbons (Fsp3) is 0.667. The lowest BCUT2D eigenvalue weighted by molar-refractivity contribution is -0.127. The van der Waals surface area contributed by atoms with Crippen molar-refractivity contribution in [1.82, 2.24) is 10.2 Å². The standard InChI is InChI=1S/C24H38N4O2.HI/c1-3-8-19(13-16-29)17-26-24(25-4-2)28-18-20(21-9-5-6-10-22(21)28)12-15-27-14-7-11-23(27)30;/h5-6,9-10,19-20,29H,3-4,7-8,11-18H2,1-2H3,(H,25,26);1H. The van der Waals surface area contributed by atoms with Crippen LogP contribution in [0.4, 0.5) is 5.69 Å². The molecule has 7 heteroatoms. The smallest absolute Gasteiger partial charge is 0.222 e. The Morgan fingerprint density at radius 3 is 2.77 bits per heavy atom. The number of amides is 1. The molecule has 1 fully saturated rings. The highest BCUT2D eigenvalue weighted by Gasteiger charge is 2.32. The number of nitrogens with one attached hydrogen (secondary N) is 1. The molecule has 1 aromatic rings. The van der Waals surface area contributed by atoms with Gasteiger partial charge in [0.2, 0.25) is 5.91 Å². The Kier molecular flexibility index (Phi) is 11.1. The number of aliphatic imine (C=N–C) groups is 1. The van der Waals surface area contributed by atoms with Gasteiger partial charge in [0.05, 0.1) is 0 Å². The predicted octanol–water partition coefficient (Wildman–Crippen LogP) is 3.98. The third-order valence-electron chi connectivity index (χ3n) is 6.31. The molecule has 1 aromatic carbocycles. The fourth-order valence-electron chi connectivity index (χ4n) is 4.72. The minimum Gasteiger partial charge on any atom is -0.396 e. The first-order valence-electron chi connectivity index (χ1n) is 11.7. The van der Waals surface area contributed by atoms with E-state index in [1.807, 2.05) is 4.90 Å². The second-order valence-electron chi connectivity index (χ2n) is 8.50. The van der Waals surface area contributed by atoms with Crippen LogP contribution >= 0.6 is 24.0 Å². The summed E-state index contributed by atoms with van der Waals surface area (Å²) in [5.41, 5.74) is 2.58. The highest BCUT2D eigenvalue weighted by Crippen LogP contribution is 2.38. The zero-order valence-corrected chi connectivity index (χ0v) is 21.4. The summed E-state index contributed by atoms with van der Waals surface area (Å²) in [6, 6.07) is 8.60. The number of benzene rings is 1. The molecule has 0 bridgehead atoms. The van der Waals surface area contributed by atoms with Crippen LogP contribution in [0, 0.1) is 5.92 Å². The monoisotopic (exact) mass is 542 g/mol. The normalized spacial score (nSPS) is 19.4. The van der Waals surface area contributed by atoms with Gasteiger partial charge in [-0.15, -0.1) is 24.0 Å². The van der Waals surface area contributed by atoms with Crippen molar-refractivity contribution in [2.24, 2.45) is 10.9 Å². The van der Waals surface area contributed by atoms with Gasteiger partial charge in [0.15, 0.2) is 5.96 Å². The van der Waals surface area contributed by atoms with Crippen molar-refractivity contribution in [2.75, 3.05) is 44.2 Å². The molecule has 1 saturated heterocycles. The molecule has 2 atom stereocenters. The van der Waals surface area contributed by atoms with Crippen LogP contribution in [0.15, 0.2) is 29.3 Å². The van der Waals surface area contributed by atoms with E-state index in [1.165, 1.54) is 11.3 Å². The molecule has 0 saturated carbocycles. The summed E-state index contributed by atoms with van der Waals surface area (Å²) in [5.74, 6) is 2.06. The van der Waals surface area contributed by atoms with Crippen molar-refractivity contribution in [2.45, 2.75) is 58.3 Å². The molecule has 2 N–H and O–H groups in total. The molecule has 0 radical (unpaired) electrons.